The quantitative estimate of drug-likeness (QED) is 0.618. The third kappa shape index (κ3) is 6.11. The van der Waals surface area contributed by atoms with Gasteiger partial charge in [-0.25, -0.2) is 0 Å². The number of hydrogen-bond donors (Lipinski definition) is 2. The van der Waals surface area contributed by atoms with Gasteiger partial charge < -0.3 is 19.9 Å². The first-order valence-corrected chi connectivity index (χ1v) is 11.3. The molecular formula is C23H27ClN4O3S. The molecule has 2 aromatic carbocycles. The van der Waals surface area contributed by atoms with Crippen LogP contribution in [-0.2, 0) is 4.79 Å². The fourth-order valence-corrected chi connectivity index (χ4v) is 3.96. The van der Waals surface area contributed by atoms with Crippen molar-refractivity contribution in [3.63, 3.8) is 0 Å². The molecule has 1 saturated heterocycles. The second-order valence-corrected chi connectivity index (χ2v) is 8.24. The zero-order valence-electron chi connectivity index (χ0n) is 18.2. The van der Waals surface area contributed by atoms with Gasteiger partial charge in [-0.1, -0.05) is 18.5 Å². The minimum absolute atomic E-state index is 0.192. The molecule has 1 fully saturated rings. The van der Waals surface area contributed by atoms with Gasteiger partial charge in [0.15, 0.2) is 5.11 Å². The summed E-state index contributed by atoms with van der Waals surface area (Å²) in [6, 6.07) is 12.6. The summed E-state index contributed by atoms with van der Waals surface area (Å²) in [7, 11) is 1.51. The number of nitrogens with zero attached hydrogens (tertiary/aromatic N) is 2. The predicted molar refractivity (Wildman–Crippen MR) is 132 cm³/mol. The molecule has 1 aliphatic heterocycles. The summed E-state index contributed by atoms with van der Waals surface area (Å²) in [5.74, 6) is 0.372. The van der Waals surface area contributed by atoms with Gasteiger partial charge in [0.05, 0.1) is 12.1 Å². The van der Waals surface area contributed by atoms with Crippen LogP contribution in [0, 0.1) is 0 Å². The Hall–Kier alpha value is -2.84. The van der Waals surface area contributed by atoms with E-state index in [1.807, 2.05) is 36.1 Å². The lowest BCUT2D eigenvalue weighted by Crippen LogP contribution is -2.48. The van der Waals surface area contributed by atoms with Crippen molar-refractivity contribution < 1.29 is 14.3 Å². The maximum atomic E-state index is 12.4. The molecule has 2 N–H and O–H groups in total. The number of halogens is 1. The van der Waals surface area contributed by atoms with Gasteiger partial charge in [-0.05, 0) is 61.1 Å². The number of methoxy groups -OCH3 is 1. The Morgan fingerprint density at radius 3 is 2.38 bits per heavy atom. The van der Waals surface area contributed by atoms with E-state index in [1.165, 1.54) is 13.2 Å². The minimum Gasteiger partial charge on any atom is -0.495 e. The van der Waals surface area contributed by atoms with Crippen LogP contribution in [-0.4, -0.2) is 55.1 Å². The number of thiocarbonyl (C=S) groups is 1. The molecular weight excluding hydrogens is 448 g/mol. The highest BCUT2D eigenvalue weighted by atomic mass is 35.5. The zero-order valence-corrected chi connectivity index (χ0v) is 19.8. The Morgan fingerprint density at radius 2 is 1.78 bits per heavy atom. The summed E-state index contributed by atoms with van der Waals surface area (Å²) in [6.07, 6.45) is 1.49. The third-order valence-electron chi connectivity index (χ3n) is 5.23. The van der Waals surface area contributed by atoms with Gasteiger partial charge in [0.25, 0.3) is 5.91 Å². The van der Waals surface area contributed by atoms with Crippen molar-refractivity contribution in [2.45, 2.75) is 19.8 Å². The van der Waals surface area contributed by atoms with E-state index in [1.54, 1.807) is 12.1 Å². The van der Waals surface area contributed by atoms with Crippen LogP contribution in [0.2, 0.25) is 5.02 Å². The Bertz CT molecular complexity index is 976. The van der Waals surface area contributed by atoms with Gasteiger partial charge in [0.2, 0.25) is 5.91 Å². The fraction of sp³-hybridized carbons (Fsp3) is 0.348. The van der Waals surface area contributed by atoms with Crippen molar-refractivity contribution in [2.75, 3.05) is 43.5 Å². The van der Waals surface area contributed by atoms with Gasteiger partial charge in [0, 0.05) is 49.5 Å². The largest absolute Gasteiger partial charge is 0.495 e. The maximum absolute atomic E-state index is 12.4. The molecule has 1 aliphatic rings. The average molecular weight is 475 g/mol. The van der Waals surface area contributed by atoms with E-state index in [-0.39, 0.29) is 16.9 Å². The van der Waals surface area contributed by atoms with Crippen molar-refractivity contribution in [3.05, 3.63) is 53.1 Å². The molecule has 0 spiro atoms. The molecule has 0 aromatic heterocycles. The summed E-state index contributed by atoms with van der Waals surface area (Å²) < 4.78 is 5.10. The van der Waals surface area contributed by atoms with Crippen LogP contribution in [0.4, 0.5) is 11.4 Å². The maximum Gasteiger partial charge on any atom is 0.257 e. The molecule has 0 atom stereocenters. The fourth-order valence-electron chi connectivity index (χ4n) is 3.49. The topological polar surface area (TPSA) is 73.9 Å². The van der Waals surface area contributed by atoms with E-state index >= 15 is 0 Å². The van der Waals surface area contributed by atoms with Crippen LogP contribution in [0.1, 0.15) is 30.1 Å². The number of piperazine rings is 1. The number of anilines is 2. The molecule has 0 bridgehead atoms. The number of ether oxygens (including phenoxy) is 1. The lowest BCUT2D eigenvalue weighted by molar-refractivity contribution is -0.131. The SMILES string of the molecule is CCCC(=O)N1CCN(c2ccc(NC(=S)NC(=O)c3ccc(OC)c(Cl)c3)cc2)CC1. The Morgan fingerprint density at radius 1 is 1.09 bits per heavy atom. The highest BCUT2D eigenvalue weighted by Gasteiger charge is 2.20. The first kappa shape index (κ1) is 23.8. The second-order valence-electron chi connectivity index (χ2n) is 7.42. The van der Waals surface area contributed by atoms with E-state index in [4.69, 9.17) is 28.6 Å². The van der Waals surface area contributed by atoms with Crippen LogP contribution in [0.15, 0.2) is 42.5 Å². The lowest BCUT2D eigenvalue weighted by Gasteiger charge is -2.36. The van der Waals surface area contributed by atoms with Crippen LogP contribution in [0.3, 0.4) is 0 Å². The minimum atomic E-state index is -0.362. The number of rotatable bonds is 6. The summed E-state index contributed by atoms with van der Waals surface area (Å²) in [5.41, 5.74) is 2.23. The molecule has 9 heteroatoms. The van der Waals surface area contributed by atoms with Crippen LogP contribution in [0.5, 0.6) is 5.75 Å². The smallest absolute Gasteiger partial charge is 0.257 e. The highest BCUT2D eigenvalue weighted by molar-refractivity contribution is 7.80. The van der Waals surface area contributed by atoms with Crippen molar-refractivity contribution >= 4 is 52.1 Å². The summed E-state index contributed by atoms with van der Waals surface area (Å²) in [6.45, 7) is 5.12. The van der Waals surface area contributed by atoms with Crippen LogP contribution in [0.25, 0.3) is 0 Å². The molecule has 0 saturated carbocycles. The lowest BCUT2D eigenvalue weighted by atomic mass is 10.2. The van der Waals surface area contributed by atoms with Crippen molar-refractivity contribution in [2.24, 2.45) is 0 Å². The Balaban J connectivity index is 1.51. The van der Waals surface area contributed by atoms with Crippen LogP contribution >= 0.6 is 23.8 Å². The molecule has 170 valence electrons. The monoisotopic (exact) mass is 474 g/mol. The molecule has 2 amide bonds. The molecule has 7 nitrogen and oxygen atoms in total. The second kappa shape index (κ2) is 11.2. The first-order valence-electron chi connectivity index (χ1n) is 10.5. The summed E-state index contributed by atoms with van der Waals surface area (Å²) >= 11 is 11.3. The van der Waals surface area contributed by atoms with Crippen molar-refractivity contribution in [3.8, 4) is 5.75 Å². The number of amides is 2. The van der Waals surface area contributed by atoms with Gasteiger partial charge >= 0.3 is 0 Å². The number of benzene rings is 2. The van der Waals surface area contributed by atoms with E-state index < -0.39 is 0 Å². The number of hydrogen-bond acceptors (Lipinski definition) is 5. The number of carbonyl (C=O) groups excluding carboxylic acids is 2. The first-order chi connectivity index (χ1) is 15.4. The molecule has 1 heterocycles. The standard InChI is InChI=1S/C23H27ClN4O3S/c1-3-4-21(29)28-13-11-27(12-14-28)18-8-6-17(7-9-18)25-23(32)26-22(30)16-5-10-20(31-2)19(24)15-16/h5-10,15H,3-4,11-14H2,1-2H3,(H2,25,26,30,32). The van der Waals surface area contributed by atoms with E-state index in [2.05, 4.69) is 15.5 Å². The van der Waals surface area contributed by atoms with Crippen molar-refractivity contribution in [1.82, 2.24) is 10.2 Å². The number of nitrogens with one attached hydrogen (secondary N) is 2. The van der Waals surface area contributed by atoms with Gasteiger partial charge in [-0.2, -0.15) is 0 Å². The zero-order chi connectivity index (χ0) is 23.1. The van der Waals surface area contributed by atoms with E-state index in [0.29, 0.717) is 22.8 Å². The molecule has 3 rings (SSSR count). The normalized spacial score (nSPS) is 13.5. The van der Waals surface area contributed by atoms with Crippen LogP contribution < -0.4 is 20.3 Å². The van der Waals surface area contributed by atoms with Gasteiger partial charge in [0.1, 0.15) is 5.75 Å². The molecule has 2 aromatic rings. The number of carbonyl (C=O) groups is 2. The van der Waals surface area contributed by atoms with E-state index in [0.717, 1.165) is 44.0 Å². The summed E-state index contributed by atoms with van der Waals surface area (Å²) in [4.78, 5) is 28.6. The highest BCUT2D eigenvalue weighted by Crippen LogP contribution is 2.25. The van der Waals surface area contributed by atoms with Gasteiger partial charge in [-0.15, -0.1) is 0 Å². The molecule has 32 heavy (non-hydrogen) atoms. The predicted octanol–water partition coefficient (Wildman–Crippen LogP) is 3.92. The Kier molecular flexibility index (Phi) is 8.30. The molecule has 0 radical (unpaired) electrons. The van der Waals surface area contributed by atoms with Gasteiger partial charge in [-0.3, -0.25) is 14.9 Å². The summed E-state index contributed by atoms with van der Waals surface area (Å²) in [5, 5.41) is 6.21. The molecule has 0 unspecified atom stereocenters. The average Bonchev–Trinajstić information content (AvgIpc) is 2.79. The molecule has 0 aliphatic carbocycles. The van der Waals surface area contributed by atoms with E-state index in [9.17, 15) is 9.59 Å². The third-order valence-corrected chi connectivity index (χ3v) is 5.73. The Labute approximate surface area is 198 Å². The van der Waals surface area contributed by atoms with Crippen molar-refractivity contribution in [1.29, 1.82) is 0 Å².